The lowest BCUT2D eigenvalue weighted by atomic mass is 9.90. The fourth-order valence-electron chi connectivity index (χ4n) is 3.04. The third-order valence-corrected chi connectivity index (χ3v) is 5.28. The van der Waals surface area contributed by atoms with E-state index < -0.39 is 0 Å². The number of likely N-dealkylation sites (tertiary alicyclic amines) is 1. The van der Waals surface area contributed by atoms with E-state index in [4.69, 9.17) is 0 Å². The van der Waals surface area contributed by atoms with Crippen molar-refractivity contribution < 1.29 is 9.90 Å². The number of para-hydroxylation sites is 1. The van der Waals surface area contributed by atoms with Gasteiger partial charge in [0.15, 0.2) is 0 Å². The molecule has 1 amide bonds. The first kappa shape index (κ1) is 16.2. The lowest BCUT2D eigenvalue weighted by molar-refractivity contribution is -0.117. The largest absolute Gasteiger partial charge is 0.387 e. The fourth-order valence-corrected chi connectivity index (χ4v) is 3.85. The molecule has 1 aromatic carbocycles. The van der Waals surface area contributed by atoms with Gasteiger partial charge in [-0.3, -0.25) is 9.69 Å². The summed E-state index contributed by atoms with van der Waals surface area (Å²) in [4.78, 5) is 15.3. The van der Waals surface area contributed by atoms with Gasteiger partial charge in [0.1, 0.15) is 0 Å². The minimum absolute atomic E-state index is 0.0217. The maximum absolute atomic E-state index is 12.1. The van der Waals surface area contributed by atoms with Gasteiger partial charge in [0.25, 0.3) is 0 Å². The van der Waals surface area contributed by atoms with Crippen molar-refractivity contribution in [1.29, 1.82) is 0 Å². The molecule has 1 aliphatic heterocycles. The van der Waals surface area contributed by atoms with E-state index in [1.165, 1.54) is 0 Å². The van der Waals surface area contributed by atoms with E-state index in [1.54, 1.807) is 11.3 Å². The van der Waals surface area contributed by atoms with Gasteiger partial charge in [-0.2, -0.15) is 0 Å². The standard InChI is InChI=1S/C18H22N2O2S/c21-17(19-15-5-2-1-3-6-15)13-20-10-8-14(9-11-20)18(22)16-7-4-12-23-16/h1-7,12,14,18,22H,8-11,13H2,(H,19,21). The van der Waals surface area contributed by atoms with Crippen molar-refractivity contribution in [2.75, 3.05) is 25.0 Å². The van der Waals surface area contributed by atoms with Crippen LogP contribution in [-0.4, -0.2) is 35.5 Å². The van der Waals surface area contributed by atoms with Gasteiger partial charge in [0.2, 0.25) is 5.91 Å². The number of carbonyl (C=O) groups is 1. The second-order valence-corrected chi connectivity index (χ2v) is 6.97. The average Bonchev–Trinajstić information content (AvgIpc) is 3.10. The van der Waals surface area contributed by atoms with Crippen molar-refractivity contribution in [2.24, 2.45) is 5.92 Å². The number of aliphatic hydroxyl groups excluding tert-OH is 1. The molecule has 2 heterocycles. The zero-order chi connectivity index (χ0) is 16.1. The summed E-state index contributed by atoms with van der Waals surface area (Å²) in [5, 5.41) is 15.3. The van der Waals surface area contributed by atoms with Crippen LogP contribution in [-0.2, 0) is 4.79 Å². The van der Waals surface area contributed by atoms with E-state index in [9.17, 15) is 9.90 Å². The SMILES string of the molecule is O=C(CN1CCC(C(O)c2cccs2)CC1)Nc1ccccc1. The highest BCUT2D eigenvalue weighted by Crippen LogP contribution is 2.32. The quantitative estimate of drug-likeness (QED) is 0.885. The first-order valence-corrected chi connectivity index (χ1v) is 8.89. The van der Waals surface area contributed by atoms with E-state index in [-0.39, 0.29) is 12.0 Å². The minimum Gasteiger partial charge on any atom is -0.387 e. The number of anilines is 1. The van der Waals surface area contributed by atoms with Crippen molar-refractivity contribution in [3.8, 4) is 0 Å². The van der Waals surface area contributed by atoms with Gasteiger partial charge in [-0.25, -0.2) is 0 Å². The molecule has 1 aromatic heterocycles. The summed E-state index contributed by atoms with van der Waals surface area (Å²) in [6.45, 7) is 2.13. The lowest BCUT2D eigenvalue weighted by Gasteiger charge is -2.33. The van der Waals surface area contributed by atoms with Gasteiger partial charge >= 0.3 is 0 Å². The van der Waals surface area contributed by atoms with Crippen LogP contribution >= 0.6 is 11.3 Å². The second kappa shape index (κ2) is 7.73. The van der Waals surface area contributed by atoms with Crippen LogP contribution < -0.4 is 5.32 Å². The van der Waals surface area contributed by atoms with Crippen LogP contribution in [0.2, 0.25) is 0 Å². The number of hydrogen-bond donors (Lipinski definition) is 2. The number of nitrogens with one attached hydrogen (secondary N) is 1. The summed E-state index contributed by atoms with van der Waals surface area (Å²) in [6.07, 6.45) is 1.49. The van der Waals surface area contributed by atoms with Gasteiger partial charge in [0.05, 0.1) is 12.6 Å². The van der Waals surface area contributed by atoms with E-state index >= 15 is 0 Å². The first-order valence-electron chi connectivity index (χ1n) is 8.01. The molecule has 23 heavy (non-hydrogen) atoms. The number of benzene rings is 1. The molecule has 1 aliphatic rings. The molecule has 2 aromatic rings. The Morgan fingerprint density at radius 3 is 2.61 bits per heavy atom. The summed E-state index contributed by atoms with van der Waals surface area (Å²) in [6, 6.07) is 13.5. The van der Waals surface area contributed by atoms with Crippen LogP contribution in [0.3, 0.4) is 0 Å². The maximum Gasteiger partial charge on any atom is 0.238 e. The Kier molecular flexibility index (Phi) is 5.43. The Labute approximate surface area is 140 Å². The predicted molar refractivity (Wildman–Crippen MR) is 93.5 cm³/mol. The number of piperidine rings is 1. The first-order chi connectivity index (χ1) is 11.2. The van der Waals surface area contributed by atoms with Gasteiger partial charge in [-0.1, -0.05) is 24.3 Å². The third-order valence-electron chi connectivity index (χ3n) is 4.34. The molecular weight excluding hydrogens is 308 g/mol. The topological polar surface area (TPSA) is 52.6 Å². The second-order valence-electron chi connectivity index (χ2n) is 5.99. The van der Waals surface area contributed by atoms with Crippen molar-refractivity contribution in [3.05, 3.63) is 52.7 Å². The van der Waals surface area contributed by atoms with E-state index in [0.29, 0.717) is 12.5 Å². The normalized spacial score (nSPS) is 17.8. The Bertz CT molecular complexity index is 607. The molecule has 0 aliphatic carbocycles. The van der Waals surface area contributed by atoms with Crippen LogP contribution in [0.5, 0.6) is 0 Å². The molecule has 0 bridgehead atoms. The van der Waals surface area contributed by atoms with Crippen LogP contribution in [0.25, 0.3) is 0 Å². The molecule has 5 heteroatoms. The van der Waals surface area contributed by atoms with Gasteiger partial charge in [-0.05, 0) is 55.4 Å². The number of thiophene rings is 1. The average molecular weight is 330 g/mol. The Hall–Kier alpha value is -1.69. The fraction of sp³-hybridized carbons (Fsp3) is 0.389. The van der Waals surface area contributed by atoms with Crippen molar-refractivity contribution in [1.82, 2.24) is 4.90 Å². The highest BCUT2D eigenvalue weighted by molar-refractivity contribution is 7.10. The van der Waals surface area contributed by atoms with E-state index in [1.807, 2.05) is 47.8 Å². The van der Waals surface area contributed by atoms with Gasteiger partial charge < -0.3 is 10.4 Å². The van der Waals surface area contributed by atoms with Crippen LogP contribution in [0.15, 0.2) is 47.8 Å². The highest BCUT2D eigenvalue weighted by atomic mass is 32.1. The van der Waals surface area contributed by atoms with Crippen molar-refractivity contribution in [3.63, 3.8) is 0 Å². The summed E-state index contributed by atoms with van der Waals surface area (Å²) >= 11 is 1.61. The lowest BCUT2D eigenvalue weighted by Crippen LogP contribution is -2.40. The van der Waals surface area contributed by atoms with Gasteiger partial charge in [-0.15, -0.1) is 11.3 Å². The third kappa shape index (κ3) is 4.41. The summed E-state index contributed by atoms with van der Waals surface area (Å²) in [7, 11) is 0. The monoisotopic (exact) mass is 330 g/mol. The molecule has 0 saturated carbocycles. The highest BCUT2D eigenvalue weighted by Gasteiger charge is 2.27. The van der Waals surface area contributed by atoms with Crippen LogP contribution in [0.4, 0.5) is 5.69 Å². The molecule has 1 atom stereocenters. The van der Waals surface area contributed by atoms with Crippen molar-refractivity contribution >= 4 is 22.9 Å². The minimum atomic E-state index is -0.365. The number of amides is 1. The molecule has 2 N–H and O–H groups in total. The van der Waals surface area contributed by atoms with Gasteiger partial charge in [0, 0.05) is 10.6 Å². The number of nitrogens with zero attached hydrogens (tertiary/aromatic N) is 1. The van der Waals surface area contributed by atoms with Crippen LogP contribution in [0, 0.1) is 5.92 Å². The number of rotatable bonds is 5. The molecule has 1 saturated heterocycles. The predicted octanol–water partition coefficient (Wildman–Crippen LogP) is 3.13. The van der Waals surface area contributed by atoms with Crippen LogP contribution in [0.1, 0.15) is 23.8 Å². The number of hydrogen-bond acceptors (Lipinski definition) is 4. The summed E-state index contributed by atoms with van der Waals surface area (Å²) in [5.74, 6) is 0.315. The Morgan fingerprint density at radius 2 is 1.96 bits per heavy atom. The molecule has 1 fully saturated rings. The summed E-state index contributed by atoms with van der Waals surface area (Å²) < 4.78 is 0. The van der Waals surface area contributed by atoms with Crippen molar-refractivity contribution in [2.45, 2.75) is 18.9 Å². The molecule has 122 valence electrons. The zero-order valence-corrected chi connectivity index (χ0v) is 13.8. The number of aliphatic hydroxyl groups is 1. The number of carbonyl (C=O) groups excluding carboxylic acids is 1. The smallest absolute Gasteiger partial charge is 0.238 e. The zero-order valence-electron chi connectivity index (χ0n) is 13.0. The van der Waals surface area contributed by atoms with E-state index in [2.05, 4.69) is 10.2 Å². The Morgan fingerprint density at radius 1 is 1.22 bits per heavy atom. The molecule has 0 radical (unpaired) electrons. The maximum atomic E-state index is 12.1. The molecule has 4 nitrogen and oxygen atoms in total. The molecule has 3 rings (SSSR count). The Balaban J connectivity index is 1.45. The molecular formula is C18H22N2O2S. The molecule has 0 spiro atoms. The summed E-state index contributed by atoms with van der Waals surface area (Å²) in [5.41, 5.74) is 0.834. The van der Waals surface area contributed by atoms with E-state index in [0.717, 1.165) is 36.5 Å². The molecule has 1 unspecified atom stereocenters.